The van der Waals surface area contributed by atoms with Crippen LogP contribution in [0.4, 0.5) is 5.69 Å². The molecule has 0 amide bonds. The average molecular weight is 516 g/mol. The van der Waals surface area contributed by atoms with Crippen molar-refractivity contribution in [2.75, 3.05) is 6.61 Å². The number of nitrogens with one attached hydrogen (secondary N) is 1. The molecular weight excluding hydrogens is 490 g/mol. The molecule has 1 N–H and O–H groups in total. The fourth-order valence-corrected chi connectivity index (χ4v) is 3.19. The summed E-state index contributed by atoms with van der Waals surface area (Å²) in [5.41, 5.74) is 2.79. The molecule has 9 heteroatoms. The third-order valence-corrected chi connectivity index (χ3v) is 5.08. The molecule has 0 spiro atoms. The molecule has 0 heterocycles. The minimum absolute atomic E-state index is 0.0245. The van der Waals surface area contributed by atoms with E-state index in [9.17, 15) is 19.6 Å². The molecule has 194 valence electrons. The Morgan fingerprint density at radius 3 is 1.82 bits per heavy atom. The Bertz CT molecular complexity index is 1330. The van der Waals surface area contributed by atoms with Crippen molar-refractivity contribution < 1.29 is 38.7 Å². The molecule has 0 fully saturated rings. The monoisotopic (exact) mass is 515 g/mol. The fraction of sp³-hybridized carbons (Fsp3) is 0.0690. The van der Waals surface area contributed by atoms with E-state index in [0.29, 0.717) is 23.4 Å². The number of carbonyl (C=O) groups is 3. The second kappa shape index (κ2) is 13.5. The number of esters is 3. The van der Waals surface area contributed by atoms with Gasteiger partial charge >= 0.3 is 17.9 Å². The molecule has 3 aromatic carbocycles. The van der Waals surface area contributed by atoms with Crippen LogP contribution in [0.25, 0.3) is 11.1 Å². The van der Waals surface area contributed by atoms with E-state index in [-0.39, 0.29) is 18.1 Å². The Morgan fingerprint density at radius 2 is 1.24 bits per heavy atom. The third-order valence-electron chi connectivity index (χ3n) is 5.08. The molecule has 0 saturated carbocycles. The van der Waals surface area contributed by atoms with Crippen LogP contribution in [0.2, 0.25) is 0 Å². The number of benzene rings is 3. The zero-order chi connectivity index (χ0) is 27.5. The number of hydrogen-bond donors (Lipinski definition) is 1. The van der Waals surface area contributed by atoms with Crippen LogP contribution in [0, 0.1) is 5.21 Å². The molecule has 0 aliphatic heterocycles. The highest BCUT2D eigenvalue weighted by molar-refractivity contribution is 5.86. The predicted octanol–water partition coefficient (Wildman–Crippen LogP) is 3.82. The van der Waals surface area contributed by atoms with Gasteiger partial charge in [0, 0.05) is 36.8 Å². The van der Waals surface area contributed by atoms with Gasteiger partial charge in [-0.3, -0.25) is 0 Å². The van der Waals surface area contributed by atoms with Crippen molar-refractivity contribution in [2.45, 2.75) is 6.42 Å². The second-order valence-electron chi connectivity index (χ2n) is 7.64. The SMILES string of the molecule is C=CC(=O)Oc1ccc(-c2ccc([NH+]([O-])OCCc3ccc(OC(=O)C=C)c(OC(=O)C=C)c3)cc2)cc1. The van der Waals surface area contributed by atoms with E-state index < -0.39 is 23.1 Å². The van der Waals surface area contributed by atoms with Crippen LogP contribution in [0.15, 0.2) is 105 Å². The number of hydrogen-bond acceptors (Lipinski definition) is 8. The summed E-state index contributed by atoms with van der Waals surface area (Å²) in [6.07, 6.45) is 3.37. The summed E-state index contributed by atoms with van der Waals surface area (Å²) in [5.74, 6) is -1.50. The first-order chi connectivity index (χ1) is 18.3. The molecule has 0 saturated heterocycles. The largest absolute Gasteiger partial charge is 0.595 e. The summed E-state index contributed by atoms with van der Waals surface area (Å²) in [4.78, 5) is 39.9. The Morgan fingerprint density at radius 1 is 0.711 bits per heavy atom. The maximum absolute atomic E-state index is 12.5. The fourth-order valence-electron chi connectivity index (χ4n) is 3.19. The van der Waals surface area contributed by atoms with Gasteiger partial charge in [0.2, 0.25) is 0 Å². The van der Waals surface area contributed by atoms with Crippen molar-refractivity contribution in [3.05, 3.63) is 115 Å². The van der Waals surface area contributed by atoms with Crippen molar-refractivity contribution in [3.63, 3.8) is 0 Å². The lowest BCUT2D eigenvalue weighted by molar-refractivity contribution is -0.997. The molecule has 0 bridgehead atoms. The molecule has 3 rings (SSSR count). The standard InChI is InChI=1S/C29H25NO8/c1-4-27(31)36-24-14-10-22(11-15-24)21-8-12-23(13-9-21)30(34)35-18-17-20-7-16-25(37-28(32)5-2)26(19-20)38-29(33)6-3/h4-16,19,30H,1-3,17-18H2. The molecule has 0 radical (unpaired) electrons. The van der Waals surface area contributed by atoms with Crippen molar-refractivity contribution in [3.8, 4) is 28.4 Å². The van der Waals surface area contributed by atoms with Crippen LogP contribution in [-0.2, 0) is 25.6 Å². The van der Waals surface area contributed by atoms with Crippen LogP contribution < -0.4 is 19.4 Å². The molecule has 0 aliphatic carbocycles. The molecule has 1 atom stereocenters. The second-order valence-corrected chi connectivity index (χ2v) is 7.64. The lowest BCUT2D eigenvalue weighted by Crippen LogP contribution is -3.01. The lowest BCUT2D eigenvalue weighted by atomic mass is 10.1. The van der Waals surface area contributed by atoms with Crippen LogP contribution >= 0.6 is 0 Å². The highest BCUT2D eigenvalue weighted by atomic mass is 16.9. The molecule has 38 heavy (non-hydrogen) atoms. The number of ether oxygens (including phenoxy) is 3. The molecule has 9 nitrogen and oxygen atoms in total. The summed E-state index contributed by atoms with van der Waals surface area (Å²) in [6.45, 7) is 10.1. The highest BCUT2D eigenvalue weighted by Gasteiger charge is 2.13. The Kier molecular flexibility index (Phi) is 9.84. The van der Waals surface area contributed by atoms with E-state index in [1.165, 1.54) is 12.1 Å². The van der Waals surface area contributed by atoms with Crippen molar-refractivity contribution in [2.24, 2.45) is 0 Å². The van der Waals surface area contributed by atoms with Gasteiger partial charge in [-0.2, -0.15) is 10.1 Å². The zero-order valence-electron chi connectivity index (χ0n) is 20.4. The van der Waals surface area contributed by atoms with Crippen LogP contribution in [0.3, 0.4) is 0 Å². The number of rotatable bonds is 12. The first kappa shape index (κ1) is 27.8. The summed E-state index contributed by atoms with van der Waals surface area (Å²) >= 11 is 0. The number of carbonyl (C=O) groups excluding carboxylic acids is 3. The summed E-state index contributed by atoms with van der Waals surface area (Å²) < 4.78 is 15.3. The topological polar surface area (TPSA) is 116 Å². The minimum Gasteiger partial charge on any atom is -0.595 e. The van der Waals surface area contributed by atoms with Crippen LogP contribution in [-0.4, -0.2) is 24.5 Å². The van der Waals surface area contributed by atoms with Crippen molar-refractivity contribution in [1.82, 2.24) is 0 Å². The van der Waals surface area contributed by atoms with Crippen molar-refractivity contribution >= 4 is 23.6 Å². The van der Waals surface area contributed by atoms with E-state index in [0.717, 1.165) is 29.4 Å². The van der Waals surface area contributed by atoms with Gasteiger partial charge in [0.1, 0.15) is 12.4 Å². The maximum Gasteiger partial charge on any atom is 0.335 e. The van der Waals surface area contributed by atoms with Gasteiger partial charge in [-0.1, -0.05) is 37.9 Å². The maximum atomic E-state index is 12.5. The van der Waals surface area contributed by atoms with Gasteiger partial charge in [0.05, 0.1) is 0 Å². The normalized spacial score (nSPS) is 11.1. The van der Waals surface area contributed by atoms with Gasteiger partial charge in [-0.25, -0.2) is 14.4 Å². The average Bonchev–Trinajstić information content (AvgIpc) is 2.94. The van der Waals surface area contributed by atoms with Gasteiger partial charge in [0.25, 0.3) is 0 Å². The molecule has 0 aromatic heterocycles. The van der Waals surface area contributed by atoms with E-state index in [2.05, 4.69) is 19.7 Å². The molecule has 1 unspecified atom stereocenters. The van der Waals surface area contributed by atoms with Crippen LogP contribution in [0.5, 0.6) is 17.2 Å². The molecule has 0 aliphatic rings. The van der Waals surface area contributed by atoms with E-state index in [4.69, 9.17) is 19.0 Å². The Labute approximate surface area is 219 Å². The van der Waals surface area contributed by atoms with E-state index in [1.54, 1.807) is 54.6 Å². The van der Waals surface area contributed by atoms with Gasteiger partial charge in [-0.05, 0) is 53.1 Å². The lowest BCUT2D eigenvalue weighted by Gasteiger charge is -2.19. The van der Waals surface area contributed by atoms with E-state index in [1.807, 2.05) is 0 Å². The quantitative estimate of drug-likeness (QED) is 0.168. The molecule has 3 aromatic rings. The Balaban J connectivity index is 1.59. The number of quaternary nitrogens is 1. The zero-order valence-corrected chi connectivity index (χ0v) is 20.4. The minimum atomic E-state index is -0.722. The van der Waals surface area contributed by atoms with Gasteiger partial charge in [0.15, 0.2) is 17.2 Å². The smallest absolute Gasteiger partial charge is 0.335 e. The predicted molar refractivity (Wildman–Crippen MR) is 139 cm³/mol. The van der Waals surface area contributed by atoms with E-state index >= 15 is 0 Å². The van der Waals surface area contributed by atoms with Gasteiger partial charge in [-0.15, -0.1) is 0 Å². The first-order valence-corrected chi connectivity index (χ1v) is 11.4. The Hall–Kier alpha value is -4.83. The summed E-state index contributed by atoms with van der Waals surface area (Å²) in [5, 5.41) is 12.0. The van der Waals surface area contributed by atoms with Crippen LogP contribution in [0.1, 0.15) is 5.56 Å². The van der Waals surface area contributed by atoms with Gasteiger partial charge < -0.3 is 19.4 Å². The third kappa shape index (κ3) is 7.84. The first-order valence-electron chi connectivity index (χ1n) is 11.4. The summed E-state index contributed by atoms with van der Waals surface area (Å²) in [7, 11) is 0. The highest BCUT2D eigenvalue weighted by Crippen LogP contribution is 2.29. The molecular formula is C29H25NO8. The summed E-state index contributed by atoms with van der Waals surface area (Å²) in [6, 6.07) is 18.4. The van der Waals surface area contributed by atoms with Crippen molar-refractivity contribution in [1.29, 1.82) is 0 Å².